The summed E-state index contributed by atoms with van der Waals surface area (Å²) in [4.78, 5) is 10.3. The zero-order chi connectivity index (χ0) is 33.9. The van der Waals surface area contributed by atoms with Gasteiger partial charge in [0.25, 0.3) is 0 Å². The van der Waals surface area contributed by atoms with Crippen LogP contribution in [0.25, 0.3) is 50.1 Å². The van der Waals surface area contributed by atoms with E-state index < -0.39 is 0 Å². The minimum atomic E-state index is 0.426. The van der Waals surface area contributed by atoms with Gasteiger partial charge in [-0.05, 0) is 69.6 Å². The van der Waals surface area contributed by atoms with Gasteiger partial charge >= 0.3 is 0 Å². The van der Waals surface area contributed by atoms with Crippen LogP contribution in [-0.4, -0.2) is 11.7 Å². The Bertz CT molecular complexity index is 2460. The average molecular weight is 648 g/mol. The molecule has 0 bridgehead atoms. The van der Waals surface area contributed by atoms with Crippen molar-refractivity contribution in [3.8, 4) is 11.1 Å². The zero-order valence-corrected chi connectivity index (χ0v) is 28.0. The summed E-state index contributed by atoms with van der Waals surface area (Å²) in [5, 5.41) is 3.33. The van der Waals surface area contributed by atoms with Gasteiger partial charge in [0, 0.05) is 28.5 Å². The van der Waals surface area contributed by atoms with Crippen molar-refractivity contribution in [1.82, 2.24) is 0 Å². The maximum atomic E-state index is 7.20. The van der Waals surface area contributed by atoms with Gasteiger partial charge in [0.1, 0.15) is 17.2 Å². The molecule has 0 fully saturated rings. The lowest BCUT2D eigenvalue weighted by molar-refractivity contribution is 0.547. The Balaban J connectivity index is 1.29. The Morgan fingerprint density at radius 3 is 2.28 bits per heavy atom. The highest BCUT2D eigenvalue weighted by atomic mass is 16.3. The van der Waals surface area contributed by atoms with Gasteiger partial charge in [0.05, 0.1) is 6.54 Å². The molecule has 4 heteroatoms. The van der Waals surface area contributed by atoms with Gasteiger partial charge < -0.3 is 10.2 Å². The number of hydrogen-bond acceptors (Lipinski definition) is 2. The molecule has 50 heavy (non-hydrogen) atoms. The molecule has 0 aliphatic heterocycles. The van der Waals surface area contributed by atoms with Gasteiger partial charge in [-0.1, -0.05) is 146 Å². The van der Waals surface area contributed by atoms with E-state index in [1.54, 1.807) is 0 Å². The number of fused-ring (bicyclic) bond motifs is 4. The first-order valence-electron chi connectivity index (χ1n) is 17.1. The van der Waals surface area contributed by atoms with Crippen molar-refractivity contribution in [2.45, 2.75) is 26.3 Å². The molecule has 0 saturated carbocycles. The molecule has 0 atom stereocenters. The summed E-state index contributed by atoms with van der Waals surface area (Å²) in [5.41, 5.74) is 17.8. The molecule has 1 aromatic heterocycles. The van der Waals surface area contributed by atoms with E-state index in [9.17, 15) is 0 Å². The van der Waals surface area contributed by atoms with Crippen LogP contribution in [0.1, 0.15) is 46.9 Å². The number of nitrogens with two attached hydrogens (primary N) is 1. The van der Waals surface area contributed by atoms with Crippen LogP contribution >= 0.6 is 0 Å². The van der Waals surface area contributed by atoms with Crippen molar-refractivity contribution >= 4 is 50.6 Å². The first-order chi connectivity index (χ1) is 24.7. The molecule has 1 heterocycles. The van der Waals surface area contributed by atoms with E-state index in [-0.39, 0.29) is 0 Å². The second-order valence-corrected chi connectivity index (χ2v) is 12.6. The second-order valence-electron chi connectivity index (χ2n) is 12.6. The first-order valence-corrected chi connectivity index (χ1v) is 17.1. The average Bonchev–Trinajstić information content (AvgIpc) is 3.55. The lowest BCUT2D eigenvalue weighted by Crippen LogP contribution is -2.21. The fourth-order valence-electron chi connectivity index (χ4n) is 7.01. The first kappa shape index (κ1) is 31.0. The van der Waals surface area contributed by atoms with E-state index in [0.29, 0.717) is 18.2 Å². The zero-order valence-electron chi connectivity index (χ0n) is 28.0. The number of hydrogen-bond donors (Lipinski definition) is 1. The van der Waals surface area contributed by atoms with Gasteiger partial charge in [0.2, 0.25) is 0 Å². The van der Waals surface area contributed by atoms with Crippen molar-refractivity contribution in [2.24, 2.45) is 15.7 Å². The van der Waals surface area contributed by atoms with Crippen molar-refractivity contribution in [2.75, 3.05) is 0 Å². The fraction of sp³-hybridized carbons (Fsp3) is 0.0870. The van der Waals surface area contributed by atoms with Crippen molar-refractivity contribution in [3.05, 3.63) is 185 Å². The molecule has 0 radical (unpaired) electrons. The van der Waals surface area contributed by atoms with Crippen molar-refractivity contribution < 1.29 is 4.42 Å². The van der Waals surface area contributed by atoms with Gasteiger partial charge in [-0.3, -0.25) is 4.99 Å². The number of nitrogens with zero attached hydrogens (tertiary/aromatic N) is 2. The Hall–Kier alpha value is -6.26. The largest absolute Gasteiger partial charge is 0.460 e. The fourth-order valence-corrected chi connectivity index (χ4v) is 7.01. The number of amidine groups is 2. The van der Waals surface area contributed by atoms with E-state index in [0.717, 1.165) is 68.4 Å². The third kappa shape index (κ3) is 6.08. The number of furan rings is 1. The molecule has 1 aliphatic carbocycles. The number of rotatable bonds is 7. The Morgan fingerprint density at radius 1 is 0.720 bits per heavy atom. The topological polar surface area (TPSA) is 63.9 Å². The quantitative estimate of drug-likeness (QED) is 0.138. The molecule has 0 saturated heterocycles. The highest BCUT2D eigenvalue weighted by Gasteiger charge is 2.28. The molecule has 4 nitrogen and oxygen atoms in total. The summed E-state index contributed by atoms with van der Waals surface area (Å²) in [7, 11) is 0. The van der Waals surface area contributed by atoms with Crippen LogP contribution in [0.3, 0.4) is 0 Å². The number of allylic oxidation sites excluding steroid dienone is 2. The number of benzene rings is 6. The van der Waals surface area contributed by atoms with E-state index in [1.165, 1.54) is 22.1 Å². The van der Waals surface area contributed by atoms with E-state index in [4.69, 9.17) is 20.1 Å². The second kappa shape index (κ2) is 13.7. The number of para-hydroxylation sites is 1. The predicted octanol–water partition coefficient (Wildman–Crippen LogP) is 11.1. The standard InChI is InChI=1S/C46H37N3O/c1-2-12-33-16-8-9-18-38(33)34-22-24-35(25-23-34)39-27-28-42-43(40-19-10-11-20-41(40)50-42)44(39)45(47)49-46(48-30-31-13-4-3-5-14-31)37-26-21-32-15-6-7-17-36(32)29-37/h2-26,29H,27-28,30H2,1H3,(H2,47,48,49)/b12-2-. The van der Waals surface area contributed by atoms with Gasteiger partial charge in [0.15, 0.2) is 5.84 Å². The predicted molar refractivity (Wildman–Crippen MR) is 210 cm³/mol. The van der Waals surface area contributed by atoms with Crippen LogP contribution < -0.4 is 5.73 Å². The molecule has 1 aliphatic rings. The third-order valence-corrected chi connectivity index (χ3v) is 9.42. The smallest absolute Gasteiger partial charge is 0.157 e. The Labute approximate surface area is 292 Å². The maximum Gasteiger partial charge on any atom is 0.157 e. The minimum Gasteiger partial charge on any atom is -0.460 e. The van der Waals surface area contributed by atoms with Gasteiger partial charge in [-0.25, -0.2) is 4.99 Å². The van der Waals surface area contributed by atoms with Crippen molar-refractivity contribution in [3.63, 3.8) is 0 Å². The maximum absolute atomic E-state index is 7.20. The minimum absolute atomic E-state index is 0.426. The summed E-state index contributed by atoms with van der Waals surface area (Å²) in [6.07, 6.45) is 5.79. The normalized spacial score (nSPS) is 13.8. The van der Waals surface area contributed by atoms with Crippen LogP contribution in [-0.2, 0) is 13.0 Å². The molecule has 0 unspecified atom stereocenters. The Morgan fingerprint density at radius 2 is 1.44 bits per heavy atom. The highest BCUT2D eigenvalue weighted by Crippen LogP contribution is 2.43. The number of aryl methyl sites for hydroxylation is 1. The van der Waals surface area contributed by atoms with E-state index >= 15 is 0 Å². The lowest BCUT2D eigenvalue weighted by Gasteiger charge is -2.21. The molecular formula is C46H37N3O. The molecule has 242 valence electrons. The van der Waals surface area contributed by atoms with Crippen LogP contribution in [0.5, 0.6) is 0 Å². The van der Waals surface area contributed by atoms with Crippen LogP contribution in [0.15, 0.2) is 166 Å². The molecule has 0 amide bonds. The molecule has 7 aromatic rings. The third-order valence-electron chi connectivity index (χ3n) is 9.42. The summed E-state index contributed by atoms with van der Waals surface area (Å²) < 4.78 is 6.43. The highest BCUT2D eigenvalue weighted by molar-refractivity contribution is 6.34. The number of aliphatic imine (C=N–C) groups is 2. The monoisotopic (exact) mass is 647 g/mol. The van der Waals surface area contributed by atoms with Crippen LogP contribution in [0.4, 0.5) is 0 Å². The summed E-state index contributed by atoms with van der Waals surface area (Å²) in [6.45, 7) is 2.54. The molecular weight excluding hydrogens is 611 g/mol. The Kier molecular flexibility index (Phi) is 8.50. The van der Waals surface area contributed by atoms with E-state index in [2.05, 4.69) is 134 Å². The molecule has 2 N–H and O–H groups in total. The SMILES string of the molecule is C/C=C\c1ccccc1-c1ccc(C2=C(/C(N)=N/C(=N\Cc3ccccc3)c3ccc4ccccc4c3)c3c(oc4ccccc34)CC2)cc1. The molecule has 0 spiro atoms. The van der Waals surface area contributed by atoms with Crippen LogP contribution in [0, 0.1) is 0 Å². The lowest BCUT2D eigenvalue weighted by atomic mass is 9.83. The molecule has 8 rings (SSSR count). The summed E-state index contributed by atoms with van der Waals surface area (Å²) in [5.74, 6) is 1.96. The van der Waals surface area contributed by atoms with E-state index in [1.807, 2.05) is 30.3 Å². The van der Waals surface area contributed by atoms with Gasteiger partial charge in [-0.2, -0.15) is 0 Å². The summed E-state index contributed by atoms with van der Waals surface area (Å²) >= 11 is 0. The summed E-state index contributed by atoms with van der Waals surface area (Å²) in [6, 6.07) is 50.5. The van der Waals surface area contributed by atoms with Crippen LogP contribution in [0.2, 0.25) is 0 Å². The molecule has 6 aromatic carbocycles. The van der Waals surface area contributed by atoms with Crippen molar-refractivity contribution in [1.29, 1.82) is 0 Å². The van der Waals surface area contributed by atoms with Gasteiger partial charge in [-0.15, -0.1) is 0 Å².